The molecule has 2 N–H and O–H groups in total. The smallest absolute Gasteiger partial charge is 0.247 e. The van der Waals surface area contributed by atoms with Crippen LogP contribution in [-0.2, 0) is 11.2 Å². The van der Waals surface area contributed by atoms with Gasteiger partial charge in [-0.25, -0.2) is 0 Å². The van der Waals surface area contributed by atoms with E-state index in [1.165, 1.54) is 5.56 Å². The molecule has 1 aliphatic carbocycles. The number of carbonyl (C=O) groups excluding carboxylic acids is 1. The quantitative estimate of drug-likeness (QED) is 0.859. The van der Waals surface area contributed by atoms with Crippen LogP contribution in [0.2, 0.25) is 0 Å². The van der Waals surface area contributed by atoms with Gasteiger partial charge in [-0.05, 0) is 49.4 Å². The predicted molar refractivity (Wildman–Crippen MR) is 69.8 cm³/mol. The lowest BCUT2D eigenvalue weighted by Gasteiger charge is -2.31. The Labute approximate surface area is 107 Å². The van der Waals surface area contributed by atoms with Crippen molar-refractivity contribution >= 4 is 11.6 Å². The van der Waals surface area contributed by atoms with Crippen molar-refractivity contribution in [2.45, 2.75) is 31.2 Å². The molecule has 3 rings (SSSR count). The molecule has 0 aromatic heterocycles. The lowest BCUT2D eigenvalue weighted by Crippen LogP contribution is -2.47. The van der Waals surface area contributed by atoms with E-state index in [1.807, 2.05) is 23.1 Å². The molecule has 4 nitrogen and oxygen atoms in total. The average Bonchev–Trinajstić information content (AvgIpc) is 3.16. The molecule has 0 atom stereocenters. The van der Waals surface area contributed by atoms with E-state index in [0.717, 1.165) is 43.7 Å². The van der Waals surface area contributed by atoms with Crippen molar-refractivity contribution < 1.29 is 9.53 Å². The number of nitrogens with two attached hydrogens (primary N) is 1. The summed E-state index contributed by atoms with van der Waals surface area (Å²) in [6.07, 6.45) is 3.61. The molecule has 1 aliphatic heterocycles. The van der Waals surface area contributed by atoms with Crippen LogP contribution in [0.15, 0.2) is 18.2 Å². The molecule has 1 saturated carbocycles. The molecule has 1 aromatic rings. The number of ether oxygens (including phenoxy) is 1. The van der Waals surface area contributed by atoms with Crippen LogP contribution >= 0.6 is 0 Å². The topological polar surface area (TPSA) is 55.6 Å². The van der Waals surface area contributed by atoms with Gasteiger partial charge in [0, 0.05) is 12.2 Å². The number of methoxy groups -OCH3 is 1. The van der Waals surface area contributed by atoms with Crippen molar-refractivity contribution in [3.8, 4) is 5.75 Å². The summed E-state index contributed by atoms with van der Waals surface area (Å²) in [6, 6.07) is 5.89. The highest BCUT2D eigenvalue weighted by Crippen LogP contribution is 2.38. The second-order valence-electron chi connectivity index (χ2n) is 5.21. The normalized spacial score (nSPS) is 20.2. The van der Waals surface area contributed by atoms with Crippen LogP contribution in [0.4, 0.5) is 5.69 Å². The van der Waals surface area contributed by atoms with Crippen molar-refractivity contribution in [2.75, 3.05) is 18.6 Å². The van der Waals surface area contributed by atoms with Crippen molar-refractivity contribution in [3.05, 3.63) is 23.8 Å². The van der Waals surface area contributed by atoms with Gasteiger partial charge in [-0.3, -0.25) is 4.79 Å². The van der Waals surface area contributed by atoms with Gasteiger partial charge in [0.1, 0.15) is 5.75 Å². The lowest BCUT2D eigenvalue weighted by molar-refractivity contribution is -0.120. The Morgan fingerprint density at radius 1 is 1.44 bits per heavy atom. The summed E-state index contributed by atoms with van der Waals surface area (Å²) in [5.41, 5.74) is 7.61. The number of hydrogen-bond donors (Lipinski definition) is 1. The lowest BCUT2D eigenvalue weighted by atomic mass is 10.0. The van der Waals surface area contributed by atoms with Gasteiger partial charge in [0.25, 0.3) is 0 Å². The molecule has 2 aliphatic rings. The Kier molecular flexibility index (Phi) is 2.55. The predicted octanol–water partition coefficient (Wildman–Crippen LogP) is 1.47. The number of benzene rings is 1. The van der Waals surface area contributed by atoms with E-state index in [4.69, 9.17) is 10.5 Å². The fourth-order valence-corrected chi connectivity index (χ4v) is 2.53. The van der Waals surface area contributed by atoms with Gasteiger partial charge in [0.05, 0.1) is 12.6 Å². The molecule has 96 valence electrons. The average molecular weight is 246 g/mol. The number of hydrogen-bond acceptors (Lipinski definition) is 3. The third-order valence-corrected chi connectivity index (χ3v) is 3.87. The van der Waals surface area contributed by atoms with Crippen LogP contribution in [0.1, 0.15) is 24.8 Å². The first-order chi connectivity index (χ1) is 8.64. The number of aryl methyl sites for hydroxylation is 1. The Balaban J connectivity index is 1.94. The van der Waals surface area contributed by atoms with E-state index < -0.39 is 5.54 Å². The Morgan fingerprint density at radius 2 is 2.22 bits per heavy atom. The molecule has 18 heavy (non-hydrogen) atoms. The molecule has 4 heteroatoms. The Hall–Kier alpha value is -1.55. The van der Waals surface area contributed by atoms with E-state index in [0.29, 0.717) is 0 Å². The summed E-state index contributed by atoms with van der Waals surface area (Å²) in [4.78, 5) is 14.2. The highest BCUT2D eigenvalue weighted by atomic mass is 16.5. The van der Waals surface area contributed by atoms with Gasteiger partial charge in [-0.2, -0.15) is 0 Å². The standard InChI is InChI=1S/C14H18N2O2/c1-18-11-4-5-12-10(9-11)3-2-8-16(12)13(17)14(15)6-7-14/h4-5,9H,2-3,6-8,15H2,1H3. The Morgan fingerprint density at radius 3 is 2.89 bits per heavy atom. The van der Waals surface area contributed by atoms with Gasteiger partial charge in [0.15, 0.2) is 0 Å². The van der Waals surface area contributed by atoms with E-state index in [1.54, 1.807) is 7.11 Å². The van der Waals surface area contributed by atoms with Crippen molar-refractivity contribution in [1.29, 1.82) is 0 Å². The summed E-state index contributed by atoms with van der Waals surface area (Å²) in [6.45, 7) is 0.775. The molecule has 0 radical (unpaired) electrons. The van der Waals surface area contributed by atoms with Crippen LogP contribution in [0.5, 0.6) is 5.75 Å². The summed E-state index contributed by atoms with van der Waals surface area (Å²) in [5.74, 6) is 0.922. The molecule has 0 spiro atoms. The summed E-state index contributed by atoms with van der Waals surface area (Å²) < 4.78 is 5.23. The molecule has 1 amide bonds. The third kappa shape index (κ3) is 1.77. The molecule has 1 heterocycles. The van der Waals surface area contributed by atoms with Crippen LogP contribution in [0.3, 0.4) is 0 Å². The third-order valence-electron chi connectivity index (χ3n) is 3.87. The van der Waals surface area contributed by atoms with E-state index >= 15 is 0 Å². The highest BCUT2D eigenvalue weighted by Gasteiger charge is 2.48. The van der Waals surface area contributed by atoms with Gasteiger partial charge in [0.2, 0.25) is 5.91 Å². The van der Waals surface area contributed by atoms with E-state index in [9.17, 15) is 4.79 Å². The van der Waals surface area contributed by atoms with Crippen molar-refractivity contribution in [1.82, 2.24) is 0 Å². The fraction of sp³-hybridized carbons (Fsp3) is 0.500. The maximum absolute atomic E-state index is 12.4. The van der Waals surface area contributed by atoms with E-state index in [-0.39, 0.29) is 5.91 Å². The Bertz CT molecular complexity index is 495. The highest BCUT2D eigenvalue weighted by molar-refractivity contribution is 6.02. The van der Waals surface area contributed by atoms with Gasteiger partial charge < -0.3 is 15.4 Å². The molecule has 1 aromatic carbocycles. The molecular weight excluding hydrogens is 228 g/mol. The summed E-state index contributed by atoms with van der Waals surface area (Å²) >= 11 is 0. The number of carbonyl (C=O) groups is 1. The molecule has 0 unspecified atom stereocenters. The summed E-state index contributed by atoms with van der Waals surface area (Å²) in [5, 5.41) is 0. The minimum absolute atomic E-state index is 0.0774. The van der Waals surface area contributed by atoms with Crippen molar-refractivity contribution in [3.63, 3.8) is 0 Å². The van der Waals surface area contributed by atoms with Gasteiger partial charge >= 0.3 is 0 Å². The number of amides is 1. The second-order valence-corrected chi connectivity index (χ2v) is 5.21. The van der Waals surface area contributed by atoms with Crippen LogP contribution in [0.25, 0.3) is 0 Å². The fourth-order valence-electron chi connectivity index (χ4n) is 2.53. The van der Waals surface area contributed by atoms with Gasteiger partial charge in [-0.1, -0.05) is 0 Å². The molecule has 0 saturated heterocycles. The first-order valence-electron chi connectivity index (χ1n) is 6.42. The first kappa shape index (κ1) is 11.5. The molecule has 1 fully saturated rings. The zero-order chi connectivity index (χ0) is 12.8. The van der Waals surface area contributed by atoms with Crippen LogP contribution in [-0.4, -0.2) is 25.1 Å². The zero-order valence-corrected chi connectivity index (χ0v) is 10.6. The number of rotatable bonds is 2. The SMILES string of the molecule is COc1ccc2c(c1)CCCN2C(=O)C1(N)CC1. The van der Waals surface area contributed by atoms with Crippen LogP contribution < -0.4 is 15.4 Å². The maximum atomic E-state index is 12.4. The molecule has 0 bridgehead atoms. The maximum Gasteiger partial charge on any atom is 0.247 e. The van der Waals surface area contributed by atoms with Gasteiger partial charge in [-0.15, -0.1) is 0 Å². The minimum atomic E-state index is -0.589. The van der Waals surface area contributed by atoms with Crippen LogP contribution in [0, 0.1) is 0 Å². The molecular formula is C14H18N2O2. The zero-order valence-electron chi connectivity index (χ0n) is 10.6. The van der Waals surface area contributed by atoms with E-state index in [2.05, 4.69) is 0 Å². The second kappa shape index (κ2) is 3.99. The number of fused-ring (bicyclic) bond motifs is 1. The minimum Gasteiger partial charge on any atom is -0.497 e. The van der Waals surface area contributed by atoms with Crippen molar-refractivity contribution in [2.24, 2.45) is 5.73 Å². The monoisotopic (exact) mass is 246 g/mol. The first-order valence-corrected chi connectivity index (χ1v) is 6.42. The summed E-state index contributed by atoms with van der Waals surface area (Å²) in [7, 11) is 1.66. The number of nitrogens with zero attached hydrogens (tertiary/aromatic N) is 1. The number of anilines is 1. The largest absolute Gasteiger partial charge is 0.497 e.